The van der Waals surface area contributed by atoms with Gasteiger partial charge in [-0.2, -0.15) is 5.10 Å². The summed E-state index contributed by atoms with van der Waals surface area (Å²) in [5.41, 5.74) is 5.10. The van der Waals surface area contributed by atoms with Crippen molar-refractivity contribution >= 4 is 5.91 Å². The Morgan fingerprint density at radius 3 is 2.39 bits per heavy atom. The topological polar surface area (TPSA) is 56.2 Å². The zero-order valence-corrected chi connectivity index (χ0v) is 19.2. The Balaban J connectivity index is 1.61. The third-order valence-electron chi connectivity index (χ3n) is 5.79. The summed E-state index contributed by atoms with van der Waals surface area (Å²) in [5, 5.41) is 7.49. The minimum Gasteiger partial charge on any atom is -0.471 e. The van der Waals surface area contributed by atoms with Gasteiger partial charge in [0.05, 0.1) is 6.04 Å². The molecule has 0 aliphatic carbocycles. The largest absolute Gasteiger partial charge is 0.471 e. The van der Waals surface area contributed by atoms with Crippen LogP contribution in [-0.2, 0) is 6.73 Å². The Kier molecular flexibility index (Phi) is 7.50. The van der Waals surface area contributed by atoms with Gasteiger partial charge in [-0.05, 0) is 61.4 Å². The Labute approximate surface area is 185 Å². The SMILES string of the molecule is CCC(C)c1ccc(C(CC)NC(=O)c2ccn(COc3ccc(C)cc3C)n2)cc1. The number of ether oxygens (including phenoxy) is 1. The van der Waals surface area contributed by atoms with Crippen LogP contribution in [0.25, 0.3) is 0 Å². The maximum atomic E-state index is 12.8. The standard InChI is InChI=1S/C26H33N3O2/c1-6-19(4)21-9-11-22(12-10-21)23(7-2)27-26(30)24-14-15-29(28-24)17-31-25-13-8-18(3)16-20(25)5/h8-16,19,23H,6-7,17H2,1-5H3,(H,27,30). The molecule has 0 aliphatic rings. The van der Waals surface area contributed by atoms with Crippen molar-refractivity contribution in [2.45, 2.75) is 66.2 Å². The van der Waals surface area contributed by atoms with E-state index in [1.807, 2.05) is 19.1 Å². The van der Waals surface area contributed by atoms with Crippen LogP contribution in [0.4, 0.5) is 0 Å². The Hall–Kier alpha value is -3.08. The third kappa shape index (κ3) is 5.75. The lowest BCUT2D eigenvalue weighted by Gasteiger charge is -2.18. The number of nitrogens with one attached hydrogen (secondary N) is 1. The summed E-state index contributed by atoms with van der Waals surface area (Å²) in [6.07, 6.45) is 3.69. The van der Waals surface area contributed by atoms with Crippen molar-refractivity contribution in [1.82, 2.24) is 15.1 Å². The van der Waals surface area contributed by atoms with Crippen LogP contribution in [0.2, 0.25) is 0 Å². The van der Waals surface area contributed by atoms with Crippen LogP contribution < -0.4 is 10.1 Å². The smallest absolute Gasteiger partial charge is 0.272 e. The Morgan fingerprint density at radius 2 is 1.74 bits per heavy atom. The molecular formula is C26H33N3O2. The highest BCUT2D eigenvalue weighted by molar-refractivity contribution is 5.92. The van der Waals surface area contributed by atoms with Gasteiger partial charge in [0.25, 0.3) is 5.91 Å². The van der Waals surface area contributed by atoms with Gasteiger partial charge in [0.2, 0.25) is 0 Å². The van der Waals surface area contributed by atoms with E-state index in [9.17, 15) is 4.79 Å². The number of hydrogen-bond donors (Lipinski definition) is 1. The van der Waals surface area contributed by atoms with Crippen molar-refractivity contribution < 1.29 is 9.53 Å². The summed E-state index contributed by atoms with van der Waals surface area (Å²) in [4.78, 5) is 12.8. The second kappa shape index (κ2) is 10.3. The number of benzene rings is 2. The quantitative estimate of drug-likeness (QED) is 0.467. The predicted molar refractivity (Wildman–Crippen MR) is 124 cm³/mol. The fourth-order valence-corrected chi connectivity index (χ4v) is 3.60. The van der Waals surface area contributed by atoms with Gasteiger partial charge in [0.15, 0.2) is 6.73 Å². The molecule has 0 spiro atoms. The number of rotatable bonds is 9. The zero-order chi connectivity index (χ0) is 22.4. The van der Waals surface area contributed by atoms with Crippen LogP contribution in [-0.4, -0.2) is 15.7 Å². The molecule has 0 aliphatic heterocycles. The first-order valence-corrected chi connectivity index (χ1v) is 11.1. The molecule has 0 radical (unpaired) electrons. The van der Waals surface area contributed by atoms with E-state index in [-0.39, 0.29) is 18.7 Å². The van der Waals surface area contributed by atoms with Gasteiger partial charge in [-0.3, -0.25) is 4.79 Å². The maximum absolute atomic E-state index is 12.8. The van der Waals surface area contributed by atoms with Gasteiger partial charge in [-0.25, -0.2) is 4.68 Å². The summed E-state index contributed by atoms with van der Waals surface area (Å²) < 4.78 is 7.49. The highest BCUT2D eigenvalue weighted by Gasteiger charge is 2.17. The fourth-order valence-electron chi connectivity index (χ4n) is 3.60. The molecule has 5 heteroatoms. The lowest BCUT2D eigenvalue weighted by molar-refractivity contribution is 0.0928. The molecule has 0 fully saturated rings. The molecule has 1 amide bonds. The van der Waals surface area contributed by atoms with E-state index in [4.69, 9.17) is 4.74 Å². The van der Waals surface area contributed by atoms with E-state index < -0.39 is 0 Å². The number of hydrogen-bond acceptors (Lipinski definition) is 3. The lowest BCUT2D eigenvalue weighted by Crippen LogP contribution is -2.28. The van der Waals surface area contributed by atoms with Crippen molar-refractivity contribution in [3.05, 3.63) is 82.7 Å². The van der Waals surface area contributed by atoms with Gasteiger partial charge >= 0.3 is 0 Å². The second-order valence-electron chi connectivity index (χ2n) is 8.19. The average Bonchev–Trinajstić information content (AvgIpc) is 3.25. The normalized spacial score (nSPS) is 12.9. The van der Waals surface area contributed by atoms with Crippen LogP contribution in [0.15, 0.2) is 54.7 Å². The molecule has 0 saturated carbocycles. The predicted octanol–water partition coefficient (Wildman–Crippen LogP) is 5.93. The Morgan fingerprint density at radius 1 is 1.03 bits per heavy atom. The minimum atomic E-state index is -0.178. The molecule has 2 atom stereocenters. The maximum Gasteiger partial charge on any atom is 0.272 e. The van der Waals surface area contributed by atoms with Crippen molar-refractivity contribution in [2.75, 3.05) is 0 Å². The number of aromatic nitrogens is 2. The molecule has 0 bridgehead atoms. The first kappa shape index (κ1) is 22.6. The molecule has 2 aromatic carbocycles. The van der Waals surface area contributed by atoms with Crippen molar-refractivity contribution in [2.24, 2.45) is 0 Å². The van der Waals surface area contributed by atoms with Gasteiger partial charge in [-0.15, -0.1) is 0 Å². The minimum absolute atomic E-state index is 0.0462. The molecule has 1 aromatic heterocycles. The molecule has 0 saturated heterocycles. The van der Waals surface area contributed by atoms with Crippen LogP contribution in [0.3, 0.4) is 0 Å². The zero-order valence-electron chi connectivity index (χ0n) is 19.2. The van der Waals surface area contributed by atoms with Crippen molar-refractivity contribution in [3.8, 4) is 5.75 Å². The fraction of sp³-hybridized carbons (Fsp3) is 0.385. The van der Waals surface area contributed by atoms with Crippen molar-refractivity contribution in [1.29, 1.82) is 0 Å². The van der Waals surface area contributed by atoms with Gasteiger partial charge in [0, 0.05) is 6.20 Å². The van der Waals surface area contributed by atoms with E-state index in [2.05, 4.69) is 68.4 Å². The van der Waals surface area contributed by atoms with Gasteiger partial charge < -0.3 is 10.1 Å². The first-order chi connectivity index (χ1) is 14.9. The molecule has 5 nitrogen and oxygen atoms in total. The molecule has 2 unspecified atom stereocenters. The number of carbonyl (C=O) groups is 1. The number of aryl methyl sites for hydroxylation is 2. The molecule has 3 aromatic rings. The molecule has 1 heterocycles. The monoisotopic (exact) mass is 419 g/mol. The first-order valence-electron chi connectivity index (χ1n) is 11.1. The summed E-state index contributed by atoms with van der Waals surface area (Å²) in [6.45, 7) is 10.8. The number of amides is 1. The average molecular weight is 420 g/mol. The molecule has 1 N–H and O–H groups in total. The summed E-state index contributed by atoms with van der Waals surface area (Å²) >= 11 is 0. The van der Waals surface area contributed by atoms with Gasteiger partial charge in [-0.1, -0.05) is 62.7 Å². The second-order valence-corrected chi connectivity index (χ2v) is 8.19. The third-order valence-corrected chi connectivity index (χ3v) is 5.79. The summed E-state index contributed by atoms with van der Waals surface area (Å²) in [5.74, 6) is 1.18. The molecule has 31 heavy (non-hydrogen) atoms. The number of nitrogens with zero attached hydrogens (tertiary/aromatic N) is 2. The molecule has 164 valence electrons. The van der Waals surface area contributed by atoms with E-state index >= 15 is 0 Å². The van der Waals surface area contributed by atoms with Crippen LogP contribution in [0, 0.1) is 13.8 Å². The van der Waals surface area contributed by atoms with E-state index in [1.165, 1.54) is 11.1 Å². The van der Waals surface area contributed by atoms with E-state index in [0.717, 1.165) is 29.7 Å². The van der Waals surface area contributed by atoms with E-state index in [0.29, 0.717) is 11.6 Å². The molecule has 3 rings (SSSR count). The van der Waals surface area contributed by atoms with Crippen LogP contribution >= 0.6 is 0 Å². The number of carbonyl (C=O) groups excluding carboxylic acids is 1. The van der Waals surface area contributed by atoms with E-state index in [1.54, 1.807) is 16.9 Å². The van der Waals surface area contributed by atoms with Gasteiger partial charge in [0.1, 0.15) is 11.4 Å². The summed E-state index contributed by atoms with van der Waals surface area (Å²) in [6, 6.07) is 16.3. The highest BCUT2D eigenvalue weighted by Crippen LogP contribution is 2.23. The van der Waals surface area contributed by atoms with Crippen molar-refractivity contribution in [3.63, 3.8) is 0 Å². The Bertz CT molecular complexity index is 1010. The lowest BCUT2D eigenvalue weighted by atomic mass is 9.95. The van der Waals surface area contributed by atoms with Crippen LogP contribution in [0.1, 0.15) is 78.3 Å². The molecular weight excluding hydrogens is 386 g/mol. The highest BCUT2D eigenvalue weighted by atomic mass is 16.5. The summed E-state index contributed by atoms with van der Waals surface area (Å²) in [7, 11) is 0. The van der Waals surface area contributed by atoms with Crippen LogP contribution in [0.5, 0.6) is 5.75 Å².